The second-order valence-electron chi connectivity index (χ2n) is 5.60. The van der Waals surface area contributed by atoms with Crippen LogP contribution in [0.15, 0.2) is 29.2 Å². The summed E-state index contributed by atoms with van der Waals surface area (Å²) in [5.74, 6) is 0. The average Bonchev–Trinajstić information content (AvgIpc) is 2.53. The Kier molecular flexibility index (Phi) is 7.83. The number of sulfonamides is 1. The third-order valence-electron chi connectivity index (χ3n) is 4.07. The summed E-state index contributed by atoms with van der Waals surface area (Å²) >= 11 is 0. The zero-order valence-corrected chi connectivity index (χ0v) is 15.0. The second-order valence-corrected chi connectivity index (χ2v) is 7.49. The van der Waals surface area contributed by atoms with E-state index in [0.717, 1.165) is 44.3 Å². The molecule has 1 aliphatic rings. The molecule has 0 bridgehead atoms. The van der Waals surface area contributed by atoms with Gasteiger partial charge in [0.1, 0.15) is 0 Å². The fourth-order valence-corrected chi connectivity index (χ4v) is 4.72. The Bertz CT molecular complexity index is 557. The minimum absolute atomic E-state index is 0. The first-order valence-corrected chi connectivity index (χ1v) is 9.35. The van der Waals surface area contributed by atoms with Crippen LogP contribution in [0, 0.1) is 0 Å². The van der Waals surface area contributed by atoms with E-state index >= 15 is 0 Å². The van der Waals surface area contributed by atoms with Crippen LogP contribution in [-0.4, -0.2) is 38.4 Å². The van der Waals surface area contributed by atoms with Gasteiger partial charge in [-0.15, -0.1) is 12.4 Å². The predicted molar refractivity (Wildman–Crippen MR) is 93.1 cm³/mol. The predicted octanol–water partition coefficient (Wildman–Crippen LogP) is 2.82. The molecule has 1 aromatic rings. The molecular formula is C16H27ClN2O2S. The molecule has 0 amide bonds. The average molecular weight is 347 g/mol. The number of nitrogens with one attached hydrogen (secondary N) is 1. The Morgan fingerprint density at radius 1 is 1.23 bits per heavy atom. The lowest BCUT2D eigenvalue weighted by Gasteiger charge is -2.33. The van der Waals surface area contributed by atoms with Gasteiger partial charge < -0.3 is 5.32 Å². The number of aryl methyl sites for hydroxylation is 1. The van der Waals surface area contributed by atoms with Crippen molar-refractivity contribution in [2.75, 3.05) is 19.6 Å². The minimum atomic E-state index is -3.39. The van der Waals surface area contributed by atoms with Crippen molar-refractivity contribution < 1.29 is 8.42 Å². The Morgan fingerprint density at radius 2 is 1.91 bits per heavy atom. The summed E-state index contributed by atoms with van der Waals surface area (Å²) in [5.41, 5.74) is 1.07. The first-order chi connectivity index (χ1) is 10.1. The number of halogens is 1. The number of nitrogens with zero attached hydrogens (tertiary/aromatic N) is 1. The number of hydrogen-bond acceptors (Lipinski definition) is 3. The Morgan fingerprint density at radius 3 is 2.50 bits per heavy atom. The highest BCUT2D eigenvalue weighted by Gasteiger charge is 2.31. The maximum absolute atomic E-state index is 13.0. The molecule has 1 aliphatic heterocycles. The highest BCUT2D eigenvalue weighted by molar-refractivity contribution is 7.89. The highest BCUT2D eigenvalue weighted by Crippen LogP contribution is 2.23. The van der Waals surface area contributed by atoms with Gasteiger partial charge in [0.05, 0.1) is 4.90 Å². The molecule has 22 heavy (non-hydrogen) atoms. The molecule has 1 fully saturated rings. The first kappa shape index (κ1) is 19.4. The molecule has 126 valence electrons. The number of benzene rings is 1. The molecule has 1 aromatic carbocycles. The summed E-state index contributed by atoms with van der Waals surface area (Å²) in [6.07, 6.45) is 3.49. The van der Waals surface area contributed by atoms with Gasteiger partial charge in [0, 0.05) is 12.6 Å². The topological polar surface area (TPSA) is 49.4 Å². The first-order valence-electron chi connectivity index (χ1n) is 7.91. The van der Waals surface area contributed by atoms with Crippen molar-refractivity contribution in [1.82, 2.24) is 9.62 Å². The van der Waals surface area contributed by atoms with E-state index in [-0.39, 0.29) is 18.4 Å². The van der Waals surface area contributed by atoms with Crippen LogP contribution in [0.25, 0.3) is 0 Å². The minimum Gasteiger partial charge on any atom is -0.317 e. The van der Waals surface area contributed by atoms with Gasteiger partial charge >= 0.3 is 0 Å². The van der Waals surface area contributed by atoms with E-state index in [2.05, 4.69) is 5.32 Å². The second kappa shape index (κ2) is 8.87. The van der Waals surface area contributed by atoms with Crippen LogP contribution in [0.5, 0.6) is 0 Å². The Labute approximate surface area is 140 Å². The standard InChI is InChI=1S/C16H26N2O2S.ClH/c1-3-12-18(15-8-10-17-11-9-15)21(19,20)16-7-5-6-14(4-2)13-16;/h5-7,13,15,17H,3-4,8-12H2,1-2H3;1H. The van der Waals surface area contributed by atoms with Gasteiger partial charge in [-0.3, -0.25) is 0 Å². The quantitative estimate of drug-likeness (QED) is 0.861. The van der Waals surface area contributed by atoms with E-state index < -0.39 is 10.0 Å². The molecule has 0 saturated carbocycles. The van der Waals surface area contributed by atoms with Crippen molar-refractivity contribution in [3.8, 4) is 0 Å². The van der Waals surface area contributed by atoms with Gasteiger partial charge in [0.2, 0.25) is 10.0 Å². The van der Waals surface area contributed by atoms with Crippen molar-refractivity contribution in [1.29, 1.82) is 0 Å². The summed E-state index contributed by atoms with van der Waals surface area (Å²) in [6.45, 7) is 6.47. The summed E-state index contributed by atoms with van der Waals surface area (Å²) in [7, 11) is -3.39. The van der Waals surface area contributed by atoms with Crippen LogP contribution < -0.4 is 5.32 Å². The molecule has 1 saturated heterocycles. The van der Waals surface area contributed by atoms with E-state index in [1.165, 1.54) is 0 Å². The Hall–Kier alpha value is -0.620. The van der Waals surface area contributed by atoms with Crippen molar-refractivity contribution >= 4 is 22.4 Å². The largest absolute Gasteiger partial charge is 0.317 e. The van der Waals surface area contributed by atoms with Crippen LogP contribution in [0.1, 0.15) is 38.7 Å². The van der Waals surface area contributed by atoms with Gasteiger partial charge in [-0.25, -0.2) is 8.42 Å². The molecule has 1 N–H and O–H groups in total. The van der Waals surface area contributed by atoms with Gasteiger partial charge in [0.25, 0.3) is 0 Å². The molecule has 0 spiro atoms. The lowest BCUT2D eigenvalue weighted by Crippen LogP contribution is -2.46. The molecule has 0 aliphatic carbocycles. The fourth-order valence-electron chi connectivity index (χ4n) is 2.88. The van der Waals surface area contributed by atoms with E-state index in [0.29, 0.717) is 11.4 Å². The van der Waals surface area contributed by atoms with Gasteiger partial charge in [0.15, 0.2) is 0 Å². The van der Waals surface area contributed by atoms with Crippen molar-refractivity contribution in [2.45, 2.75) is 50.5 Å². The number of rotatable bonds is 6. The zero-order chi connectivity index (χ0) is 15.3. The third-order valence-corrected chi connectivity index (χ3v) is 6.02. The van der Waals surface area contributed by atoms with Crippen LogP contribution in [-0.2, 0) is 16.4 Å². The van der Waals surface area contributed by atoms with Crippen molar-refractivity contribution in [3.63, 3.8) is 0 Å². The van der Waals surface area contributed by atoms with E-state index in [4.69, 9.17) is 0 Å². The maximum Gasteiger partial charge on any atom is 0.243 e. The monoisotopic (exact) mass is 346 g/mol. The summed E-state index contributed by atoms with van der Waals surface area (Å²) < 4.78 is 27.7. The smallest absolute Gasteiger partial charge is 0.243 e. The molecule has 4 nitrogen and oxygen atoms in total. The van der Waals surface area contributed by atoms with E-state index in [1.54, 1.807) is 10.4 Å². The van der Waals surface area contributed by atoms with Gasteiger partial charge in [-0.1, -0.05) is 26.0 Å². The molecular weight excluding hydrogens is 320 g/mol. The maximum atomic E-state index is 13.0. The molecule has 2 rings (SSSR count). The molecule has 1 heterocycles. The normalized spacial score (nSPS) is 16.5. The number of piperidine rings is 1. The van der Waals surface area contributed by atoms with E-state index in [9.17, 15) is 8.42 Å². The van der Waals surface area contributed by atoms with Gasteiger partial charge in [-0.2, -0.15) is 4.31 Å². The number of hydrogen-bond donors (Lipinski definition) is 1. The summed E-state index contributed by atoms with van der Waals surface area (Å²) in [6, 6.07) is 7.49. The summed E-state index contributed by atoms with van der Waals surface area (Å²) in [5, 5.41) is 3.30. The molecule has 0 atom stereocenters. The molecule has 0 unspecified atom stereocenters. The van der Waals surface area contributed by atoms with Crippen molar-refractivity contribution in [3.05, 3.63) is 29.8 Å². The SMILES string of the molecule is CCCN(C1CCNCC1)S(=O)(=O)c1cccc(CC)c1.Cl. The Balaban J connectivity index is 0.00000242. The van der Waals surface area contributed by atoms with Crippen molar-refractivity contribution in [2.24, 2.45) is 0 Å². The zero-order valence-electron chi connectivity index (χ0n) is 13.4. The van der Waals surface area contributed by atoms with E-state index in [1.807, 2.05) is 32.0 Å². The fraction of sp³-hybridized carbons (Fsp3) is 0.625. The van der Waals surface area contributed by atoms with Crippen LogP contribution in [0.3, 0.4) is 0 Å². The molecule has 6 heteroatoms. The van der Waals surface area contributed by atoms with Crippen LogP contribution >= 0.6 is 12.4 Å². The highest BCUT2D eigenvalue weighted by atomic mass is 35.5. The lowest BCUT2D eigenvalue weighted by molar-refractivity contribution is 0.262. The molecule has 0 aromatic heterocycles. The van der Waals surface area contributed by atoms with Crippen LogP contribution in [0.2, 0.25) is 0 Å². The molecule has 0 radical (unpaired) electrons. The lowest BCUT2D eigenvalue weighted by atomic mass is 10.1. The third kappa shape index (κ3) is 4.44. The van der Waals surface area contributed by atoms with Crippen LogP contribution in [0.4, 0.5) is 0 Å². The van der Waals surface area contributed by atoms with Gasteiger partial charge in [-0.05, 0) is 56.5 Å². The summed E-state index contributed by atoms with van der Waals surface area (Å²) in [4.78, 5) is 0.439.